The maximum atomic E-state index is 13.4. The second-order valence-corrected chi connectivity index (χ2v) is 16.0. The Labute approximate surface area is 597 Å². The lowest BCUT2D eigenvalue weighted by molar-refractivity contribution is -0.136. The van der Waals surface area contributed by atoms with E-state index >= 15 is 0 Å². The number of nitriles is 1. The van der Waals surface area contributed by atoms with E-state index < -0.39 is 28.9 Å². The lowest BCUT2D eigenvalue weighted by Crippen LogP contribution is -2.44. The molecule has 0 atom stereocenters. The summed E-state index contributed by atoms with van der Waals surface area (Å²) in [6.45, 7) is 10.2. The summed E-state index contributed by atoms with van der Waals surface area (Å²) in [5.74, 6) is 170. The Hall–Kier alpha value is -19.5. The molecule has 8 nitrogen and oxygen atoms in total. The lowest BCUT2D eigenvalue weighted by atomic mass is 10.0. The number of thiocarbonyl (C=S) groups is 1. The number of terminal acetylenes is 1. The summed E-state index contributed by atoms with van der Waals surface area (Å²) < 4.78 is 40.1. The van der Waals surface area contributed by atoms with E-state index in [-0.39, 0.29) is 10.8 Å². The lowest BCUT2D eigenvalue weighted by Gasteiger charge is -2.29. The van der Waals surface area contributed by atoms with Crippen LogP contribution in [0, 0.1) is 433 Å². The summed E-state index contributed by atoms with van der Waals surface area (Å²) in [4.78, 5) is 21.2. The standard InChI is InChI=1S/C71HN.C19H13F3N6OS/c1-2-3-4-5-6-7-8-9-10-11-12-13-14-15-16-17-18-19-20-21-22-23-24-25-26-27-28-29-30-31-32-33-34-35-36-37-38-39-40-41-42-43-44-45-46-47-48-49-50-51-52-53-54-55-56-57-58-59-60-61-62-63-64-65-66-67-68-69-70-71-72;1-18(2)16(29)27(13-8-9-15(24-3)14(10-13)19(20,21)22)17(30)28(18)12-6-4-11(5-7-12)25-26-23/h1H;4-10H,1-2H3. The van der Waals surface area contributed by atoms with Gasteiger partial charge in [0.15, 0.2) is 16.9 Å². The highest BCUT2D eigenvalue weighted by molar-refractivity contribution is 7.81. The van der Waals surface area contributed by atoms with Gasteiger partial charge in [-0.1, -0.05) is 23.3 Å². The number of amides is 1. The molecule has 1 aliphatic heterocycles. The molecule has 0 N–H and O–H groups in total. The monoisotopic (exact) mass is 1300 g/mol. The molecule has 0 saturated carbocycles. The molecule has 3 rings (SSSR count). The number of carbonyl (C=O) groups excluding carboxylic acids is 1. The quantitative estimate of drug-likeness (QED) is 0.0892. The van der Waals surface area contributed by atoms with Crippen LogP contribution in [-0.2, 0) is 11.0 Å². The van der Waals surface area contributed by atoms with Gasteiger partial charge in [-0.15, -0.1) is 6.42 Å². The summed E-state index contributed by atoms with van der Waals surface area (Å²) in [5.41, 5.74) is 6.42. The smallest absolute Gasteiger partial charge is 0.304 e. The number of halogens is 3. The van der Waals surface area contributed by atoms with Crippen molar-refractivity contribution in [3.63, 3.8) is 0 Å². The minimum Gasteiger partial charge on any atom is -0.304 e. The summed E-state index contributed by atoms with van der Waals surface area (Å²) in [6, 6.07) is 10.9. The number of hydrogen-bond acceptors (Lipinski definition) is 4. The van der Waals surface area contributed by atoms with Crippen LogP contribution in [-0.4, -0.2) is 16.6 Å². The first-order valence-corrected chi connectivity index (χ1v) is 26.6. The molecular formula is C90H14F3N7OS. The van der Waals surface area contributed by atoms with Crippen molar-refractivity contribution in [2.75, 3.05) is 9.80 Å². The van der Waals surface area contributed by atoms with Crippen molar-refractivity contribution in [1.29, 1.82) is 5.26 Å². The summed E-state index contributed by atoms with van der Waals surface area (Å²) in [7, 11) is 0. The van der Waals surface area contributed by atoms with Crippen LogP contribution in [0.5, 0.6) is 0 Å². The fourth-order valence-electron chi connectivity index (χ4n) is 5.29. The van der Waals surface area contributed by atoms with Gasteiger partial charge in [0.1, 0.15) is 5.54 Å². The van der Waals surface area contributed by atoms with Gasteiger partial charge in [0.05, 0.1) is 12.1 Å². The Morgan fingerprint density at radius 2 is 0.637 bits per heavy atom. The maximum Gasteiger partial charge on any atom is 0.407 e. The van der Waals surface area contributed by atoms with Gasteiger partial charge in [-0.2, -0.15) is 18.4 Å². The minimum absolute atomic E-state index is 0.00905. The molecule has 0 aromatic heterocycles. The number of benzene rings is 2. The van der Waals surface area contributed by atoms with Gasteiger partial charge in [0, 0.05) is 383 Å². The van der Waals surface area contributed by atoms with Gasteiger partial charge in [-0.05, 0) is 103 Å². The zero-order valence-electron chi connectivity index (χ0n) is 51.7. The number of rotatable bonds is 3. The van der Waals surface area contributed by atoms with Gasteiger partial charge < -0.3 is 4.90 Å². The Morgan fingerprint density at radius 1 is 0.412 bits per heavy atom. The molecule has 1 saturated heterocycles. The van der Waals surface area contributed by atoms with Crippen molar-refractivity contribution in [1.82, 2.24) is 0 Å². The van der Waals surface area contributed by atoms with Crippen molar-refractivity contribution in [2.45, 2.75) is 25.6 Å². The summed E-state index contributed by atoms with van der Waals surface area (Å²) in [5, 5.41) is 11.7. The van der Waals surface area contributed by atoms with Crippen molar-refractivity contribution in [2.24, 2.45) is 5.11 Å². The number of hydrogen-bond donors (Lipinski definition) is 0. The third kappa shape index (κ3) is 38.1. The minimum atomic E-state index is -4.76. The van der Waals surface area contributed by atoms with E-state index in [1.807, 2.05) is 0 Å². The molecule has 2 aromatic carbocycles. The van der Waals surface area contributed by atoms with Crippen LogP contribution in [0.15, 0.2) is 47.6 Å². The van der Waals surface area contributed by atoms with Crippen LogP contribution in [0.1, 0.15) is 19.4 Å². The molecule has 442 valence electrons. The Morgan fingerprint density at radius 3 is 0.843 bits per heavy atom. The molecule has 2 aromatic rings. The van der Waals surface area contributed by atoms with Crippen molar-refractivity contribution < 1.29 is 18.0 Å². The van der Waals surface area contributed by atoms with Gasteiger partial charge >= 0.3 is 6.18 Å². The van der Waals surface area contributed by atoms with Crippen molar-refractivity contribution in [3.8, 4) is 421 Å². The first kappa shape index (κ1) is 78.6. The average molecular weight is 1300 g/mol. The third-order valence-corrected chi connectivity index (χ3v) is 9.28. The van der Waals surface area contributed by atoms with Crippen LogP contribution in [0.4, 0.5) is 35.9 Å². The molecule has 102 heavy (non-hydrogen) atoms. The molecular weight excluding hydrogens is 1280 g/mol. The first-order chi connectivity index (χ1) is 49.9. The highest BCUT2D eigenvalue weighted by atomic mass is 32.1. The molecule has 0 aliphatic carbocycles. The molecule has 1 fully saturated rings. The van der Waals surface area contributed by atoms with Crippen LogP contribution in [0.25, 0.3) is 15.3 Å². The number of nitrogens with zero attached hydrogens (tertiary/aromatic N) is 7. The van der Waals surface area contributed by atoms with E-state index in [1.165, 1.54) is 23.1 Å². The fraction of sp³-hybridized carbons (Fsp3) is 0.0444. The third-order valence-electron chi connectivity index (χ3n) is 8.92. The van der Waals surface area contributed by atoms with E-state index in [1.54, 1.807) is 32.0 Å². The molecule has 1 aliphatic rings. The van der Waals surface area contributed by atoms with Crippen LogP contribution in [0.2, 0.25) is 0 Å². The zero-order valence-corrected chi connectivity index (χ0v) is 52.5. The van der Waals surface area contributed by atoms with Crippen LogP contribution in [0.3, 0.4) is 0 Å². The van der Waals surface area contributed by atoms with Gasteiger partial charge in [0.25, 0.3) is 5.91 Å². The Bertz CT molecular complexity index is 6240. The molecule has 0 unspecified atom stereocenters. The maximum absolute atomic E-state index is 13.4. The molecule has 0 radical (unpaired) electrons. The molecule has 0 bridgehead atoms. The summed E-state index contributed by atoms with van der Waals surface area (Å²) in [6.07, 6.45) is 0.189. The van der Waals surface area contributed by atoms with E-state index in [2.05, 4.69) is 423 Å². The van der Waals surface area contributed by atoms with E-state index in [9.17, 15) is 18.0 Å². The number of azide groups is 1. The van der Waals surface area contributed by atoms with Gasteiger partial charge in [-0.25, -0.2) is 4.85 Å². The zero-order chi connectivity index (χ0) is 73.8. The predicted molar refractivity (Wildman–Crippen MR) is 388 cm³/mol. The highest BCUT2D eigenvalue weighted by Gasteiger charge is 2.50. The largest absolute Gasteiger partial charge is 0.407 e. The van der Waals surface area contributed by atoms with Crippen molar-refractivity contribution >= 4 is 46.0 Å². The van der Waals surface area contributed by atoms with E-state index in [0.717, 1.165) is 17.0 Å². The Balaban J connectivity index is 0.000000965. The molecule has 12 heteroatoms. The number of anilines is 2. The molecule has 1 heterocycles. The van der Waals surface area contributed by atoms with Gasteiger partial charge in [-0.3, -0.25) is 9.69 Å². The number of carbonyl (C=O) groups is 1. The van der Waals surface area contributed by atoms with Crippen molar-refractivity contribution in [3.05, 3.63) is 69.9 Å². The molecule has 1 amide bonds. The number of alkyl halides is 3. The second-order valence-electron chi connectivity index (χ2n) is 15.6. The van der Waals surface area contributed by atoms with Crippen LogP contribution < -0.4 is 9.80 Å². The van der Waals surface area contributed by atoms with E-state index in [4.69, 9.17) is 36.0 Å². The first-order valence-electron chi connectivity index (χ1n) is 26.2. The van der Waals surface area contributed by atoms with Gasteiger partial charge in [0.2, 0.25) is 0 Å². The average Bonchev–Trinajstić information content (AvgIpc) is 1.58. The SMILES string of the molecule is C#CC#CC#CC#CC#CC#CC#CC#CC#CC#CC#CC#CC#CC#CC#CC#CC#CC#CC#CC#CC#CC#CC#CC#CC#CC#CC#CC#CC#CC#CC#CC#CC#CC#CC#CC#N.[C-]#[N+]c1ccc(N2C(=O)C(C)(C)N(c3ccc(N=[N+]=[N-])cc3)C2=S)cc1C(F)(F)F. The Kier molecular flexibility index (Phi) is 41.1. The van der Waals surface area contributed by atoms with Crippen LogP contribution >= 0.6 is 12.2 Å². The highest BCUT2D eigenvalue weighted by Crippen LogP contribution is 2.42. The normalized spacial score (nSPS) is 7.39. The topological polar surface area (TPSA) is 100 Å². The fourth-order valence-corrected chi connectivity index (χ4v) is 5.81. The molecule has 0 spiro atoms. The predicted octanol–water partition coefficient (Wildman–Crippen LogP) is 6.37. The second kappa shape index (κ2) is 53.3. The van der Waals surface area contributed by atoms with E-state index in [0.29, 0.717) is 11.4 Å². The summed E-state index contributed by atoms with van der Waals surface area (Å²) >= 11 is 5.44.